The molecule has 3 rings (SSSR count). The van der Waals surface area contributed by atoms with Gasteiger partial charge in [-0.15, -0.1) is 12.6 Å². The lowest BCUT2D eigenvalue weighted by molar-refractivity contribution is 0.0726. The molecule has 0 aliphatic heterocycles. The molecule has 6 heteroatoms. The molecule has 1 amide bonds. The highest BCUT2D eigenvalue weighted by molar-refractivity contribution is 7.80. The molecule has 1 aliphatic carbocycles. The second-order valence-corrected chi connectivity index (χ2v) is 6.99. The maximum Gasteiger partial charge on any atom is 0.410 e. The number of benzene rings is 2. The molecule has 0 bridgehead atoms. The van der Waals surface area contributed by atoms with Crippen LogP contribution in [0.5, 0.6) is 11.5 Å². The fourth-order valence-electron chi connectivity index (χ4n) is 2.67. The van der Waals surface area contributed by atoms with E-state index in [2.05, 4.69) is 12.6 Å². The Morgan fingerprint density at radius 3 is 2.50 bits per heavy atom. The summed E-state index contributed by atoms with van der Waals surface area (Å²) in [7, 11) is 3.38. The van der Waals surface area contributed by atoms with E-state index in [1.54, 1.807) is 19.1 Å². The quantitative estimate of drug-likeness (QED) is 0.740. The van der Waals surface area contributed by atoms with Gasteiger partial charge in [0.2, 0.25) is 0 Å². The molecule has 0 atom stereocenters. The van der Waals surface area contributed by atoms with Gasteiger partial charge < -0.3 is 19.1 Å². The number of amides is 1. The van der Waals surface area contributed by atoms with Crippen LogP contribution in [0.1, 0.15) is 18.4 Å². The maximum absolute atomic E-state index is 12.4. The molecule has 0 heterocycles. The lowest BCUT2D eigenvalue weighted by Crippen LogP contribution is -2.43. The maximum atomic E-state index is 12.4. The summed E-state index contributed by atoms with van der Waals surface area (Å²) >= 11 is 4.31. The zero-order valence-electron chi connectivity index (χ0n) is 15.0. The highest BCUT2D eigenvalue weighted by Gasteiger charge is 2.50. The van der Waals surface area contributed by atoms with Crippen LogP contribution in [0.2, 0.25) is 0 Å². The lowest BCUT2D eigenvalue weighted by Gasteiger charge is -2.27. The van der Waals surface area contributed by atoms with Crippen LogP contribution in [-0.2, 0) is 11.3 Å². The third kappa shape index (κ3) is 4.43. The molecular weight excluding hydrogens is 350 g/mol. The first-order valence-electron chi connectivity index (χ1n) is 8.48. The van der Waals surface area contributed by atoms with Gasteiger partial charge >= 0.3 is 6.09 Å². The van der Waals surface area contributed by atoms with E-state index < -0.39 is 0 Å². The molecule has 5 nitrogen and oxygen atoms in total. The topological polar surface area (TPSA) is 48.0 Å². The zero-order valence-corrected chi connectivity index (χ0v) is 15.9. The molecule has 0 aromatic heterocycles. The molecule has 1 saturated carbocycles. The van der Waals surface area contributed by atoms with E-state index in [0.29, 0.717) is 6.61 Å². The molecule has 1 fully saturated rings. The van der Waals surface area contributed by atoms with E-state index in [4.69, 9.17) is 14.2 Å². The van der Waals surface area contributed by atoms with Crippen molar-refractivity contribution in [2.24, 2.45) is 0 Å². The second-order valence-electron chi connectivity index (χ2n) is 6.47. The first-order valence-corrected chi connectivity index (χ1v) is 8.92. The van der Waals surface area contributed by atoms with Crippen LogP contribution in [0.4, 0.5) is 4.79 Å². The van der Waals surface area contributed by atoms with Gasteiger partial charge in [-0.1, -0.05) is 18.2 Å². The molecular formula is C20H23NO4S. The Morgan fingerprint density at radius 2 is 1.88 bits per heavy atom. The average molecular weight is 373 g/mol. The van der Waals surface area contributed by atoms with Crippen molar-refractivity contribution in [2.45, 2.75) is 29.9 Å². The smallest absolute Gasteiger partial charge is 0.410 e. The molecule has 0 saturated heterocycles. The zero-order chi connectivity index (χ0) is 18.6. The Bertz CT molecular complexity index is 759. The van der Waals surface area contributed by atoms with Crippen LogP contribution < -0.4 is 9.47 Å². The lowest BCUT2D eigenvalue weighted by atomic mass is 10.2. The summed E-state index contributed by atoms with van der Waals surface area (Å²) < 4.78 is 16.4. The largest absolute Gasteiger partial charge is 0.497 e. The van der Waals surface area contributed by atoms with Gasteiger partial charge in [-0.25, -0.2) is 4.79 Å². The standard InChI is InChI=1S/C20H23NO4S/c1-21(19(22)24-13-15-6-8-16(23-2)9-7-15)20(10-11-20)14-25-17-4-3-5-18(26)12-17/h3-9,12,26H,10-11,13-14H2,1-2H3. The molecule has 1 aliphatic rings. The van der Waals surface area contributed by atoms with E-state index in [0.717, 1.165) is 34.8 Å². The molecule has 0 N–H and O–H groups in total. The minimum Gasteiger partial charge on any atom is -0.497 e. The van der Waals surface area contributed by atoms with E-state index in [-0.39, 0.29) is 18.2 Å². The number of ether oxygens (including phenoxy) is 3. The molecule has 0 spiro atoms. The van der Waals surface area contributed by atoms with Crippen molar-refractivity contribution < 1.29 is 19.0 Å². The monoisotopic (exact) mass is 373 g/mol. The number of carbonyl (C=O) groups is 1. The highest BCUT2D eigenvalue weighted by atomic mass is 32.1. The van der Waals surface area contributed by atoms with Gasteiger partial charge in [0.05, 0.1) is 12.6 Å². The Hall–Kier alpha value is -2.34. The van der Waals surface area contributed by atoms with Crippen molar-refractivity contribution in [3.05, 3.63) is 54.1 Å². The number of rotatable bonds is 7. The molecule has 0 unspecified atom stereocenters. The number of carbonyl (C=O) groups excluding carboxylic acids is 1. The van der Waals surface area contributed by atoms with Crippen LogP contribution >= 0.6 is 12.6 Å². The van der Waals surface area contributed by atoms with Crippen LogP contribution in [0, 0.1) is 0 Å². The fraction of sp³-hybridized carbons (Fsp3) is 0.350. The Balaban J connectivity index is 1.52. The van der Waals surface area contributed by atoms with Crippen molar-refractivity contribution in [1.29, 1.82) is 0 Å². The Labute approximate surface area is 159 Å². The number of likely N-dealkylation sites (N-methyl/N-ethyl adjacent to an activating group) is 1. The minimum atomic E-state index is -0.343. The summed E-state index contributed by atoms with van der Waals surface area (Å²) in [5.41, 5.74) is 0.628. The molecule has 2 aromatic rings. The van der Waals surface area contributed by atoms with Gasteiger partial charge in [-0.3, -0.25) is 0 Å². The van der Waals surface area contributed by atoms with Crippen LogP contribution in [0.15, 0.2) is 53.4 Å². The van der Waals surface area contributed by atoms with Gasteiger partial charge in [0.1, 0.15) is 24.7 Å². The predicted octanol–water partition coefficient (Wildman–Crippen LogP) is 4.16. The molecule has 2 aromatic carbocycles. The molecule has 0 radical (unpaired) electrons. The van der Waals surface area contributed by atoms with Crippen LogP contribution in [-0.4, -0.2) is 37.3 Å². The van der Waals surface area contributed by atoms with Gasteiger partial charge in [0.25, 0.3) is 0 Å². The van der Waals surface area contributed by atoms with Crippen molar-refractivity contribution in [3.8, 4) is 11.5 Å². The van der Waals surface area contributed by atoms with Crippen molar-refractivity contribution in [1.82, 2.24) is 4.90 Å². The second kappa shape index (κ2) is 7.91. The third-order valence-electron chi connectivity index (χ3n) is 4.66. The predicted molar refractivity (Wildman–Crippen MR) is 102 cm³/mol. The molecule has 138 valence electrons. The highest BCUT2D eigenvalue weighted by Crippen LogP contribution is 2.41. The van der Waals surface area contributed by atoms with Gasteiger partial charge in [0, 0.05) is 11.9 Å². The van der Waals surface area contributed by atoms with E-state index in [9.17, 15) is 4.79 Å². The number of methoxy groups -OCH3 is 1. The Morgan fingerprint density at radius 1 is 1.15 bits per heavy atom. The first kappa shape index (κ1) is 18.5. The van der Waals surface area contributed by atoms with Gasteiger partial charge in [0.15, 0.2) is 0 Å². The summed E-state index contributed by atoms with van der Waals surface area (Å²) in [4.78, 5) is 14.9. The third-order valence-corrected chi connectivity index (χ3v) is 4.94. The number of nitrogens with zero attached hydrogens (tertiary/aromatic N) is 1. The summed E-state index contributed by atoms with van der Waals surface area (Å²) in [5, 5.41) is 0. The number of hydrogen-bond acceptors (Lipinski definition) is 5. The normalized spacial score (nSPS) is 14.4. The fourth-order valence-corrected chi connectivity index (χ4v) is 2.88. The summed E-state index contributed by atoms with van der Waals surface area (Å²) in [6.45, 7) is 0.671. The van der Waals surface area contributed by atoms with Gasteiger partial charge in [-0.05, 0) is 48.7 Å². The van der Waals surface area contributed by atoms with E-state index >= 15 is 0 Å². The van der Waals surface area contributed by atoms with Crippen LogP contribution in [0.3, 0.4) is 0 Å². The average Bonchev–Trinajstić information content (AvgIpc) is 3.45. The first-order chi connectivity index (χ1) is 12.5. The van der Waals surface area contributed by atoms with E-state index in [1.807, 2.05) is 48.5 Å². The molecule has 26 heavy (non-hydrogen) atoms. The Kier molecular flexibility index (Phi) is 5.61. The summed E-state index contributed by atoms with van der Waals surface area (Å²) in [6, 6.07) is 15.0. The summed E-state index contributed by atoms with van der Waals surface area (Å²) in [5.74, 6) is 1.53. The number of thiol groups is 1. The van der Waals surface area contributed by atoms with E-state index in [1.165, 1.54) is 0 Å². The number of hydrogen-bond donors (Lipinski definition) is 1. The van der Waals surface area contributed by atoms with Crippen molar-refractivity contribution in [3.63, 3.8) is 0 Å². The SMILES string of the molecule is COc1ccc(COC(=O)N(C)C2(COc3cccc(S)c3)CC2)cc1. The van der Waals surface area contributed by atoms with Gasteiger partial charge in [-0.2, -0.15) is 0 Å². The van der Waals surface area contributed by atoms with Crippen molar-refractivity contribution >= 4 is 18.7 Å². The van der Waals surface area contributed by atoms with Crippen LogP contribution in [0.25, 0.3) is 0 Å². The minimum absolute atomic E-state index is 0.228. The van der Waals surface area contributed by atoms with Crippen molar-refractivity contribution in [2.75, 3.05) is 20.8 Å². The summed E-state index contributed by atoms with van der Waals surface area (Å²) in [6.07, 6.45) is 1.47.